The van der Waals surface area contributed by atoms with E-state index in [2.05, 4.69) is 88.9 Å². The fourth-order valence-corrected chi connectivity index (χ4v) is 7.94. The van der Waals surface area contributed by atoms with E-state index in [4.69, 9.17) is 9.47 Å². The van der Waals surface area contributed by atoms with Crippen LogP contribution in [0.5, 0.6) is 11.5 Å². The largest absolute Gasteiger partial charge is 0.490 e. The molecule has 1 aliphatic heterocycles. The van der Waals surface area contributed by atoms with Crippen LogP contribution < -0.4 is 9.47 Å². The van der Waals surface area contributed by atoms with Crippen molar-refractivity contribution in [3.05, 3.63) is 117 Å². The molecule has 1 heterocycles. The van der Waals surface area contributed by atoms with Crippen LogP contribution in [0, 0.1) is 24.7 Å². The number of aryl methyl sites for hydroxylation is 2. The number of allylic oxidation sites excluding steroid dienone is 4. The molecule has 47 heavy (non-hydrogen) atoms. The smallest absolute Gasteiger partial charge is 0.162 e. The van der Waals surface area contributed by atoms with Gasteiger partial charge < -0.3 is 14.4 Å². The molecule has 0 N–H and O–H groups in total. The van der Waals surface area contributed by atoms with Crippen molar-refractivity contribution >= 4 is 11.6 Å². The van der Waals surface area contributed by atoms with E-state index in [0.29, 0.717) is 37.6 Å². The maximum Gasteiger partial charge on any atom is 0.162 e. The van der Waals surface area contributed by atoms with Crippen molar-refractivity contribution in [3.63, 3.8) is 0 Å². The summed E-state index contributed by atoms with van der Waals surface area (Å²) in [7, 11) is 0. The van der Waals surface area contributed by atoms with Crippen LogP contribution in [0.2, 0.25) is 0 Å². The van der Waals surface area contributed by atoms with Gasteiger partial charge in [-0.1, -0.05) is 93.4 Å². The van der Waals surface area contributed by atoms with Crippen LogP contribution >= 0.6 is 0 Å². The predicted molar refractivity (Wildman–Crippen MR) is 188 cm³/mol. The summed E-state index contributed by atoms with van der Waals surface area (Å²) in [6, 6.07) is 22.9. The monoisotopic (exact) mass is 631 g/mol. The molecule has 0 radical (unpaired) electrons. The van der Waals surface area contributed by atoms with Crippen molar-refractivity contribution in [2.45, 2.75) is 93.1 Å². The van der Waals surface area contributed by atoms with Crippen LogP contribution in [-0.2, 0) is 22.6 Å². The van der Waals surface area contributed by atoms with Crippen LogP contribution in [-0.4, -0.2) is 29.6 Å². The molecule has 6 rings (SSSR count). The second-order valence-electron chi connectivity index (χ2n) is 15.3. The number of hydrogen-bond acceptors (Lipinski definition) is 5. The van der Waals surface area contributed by atoms with Gasteiger partial charge in [-0.25, -0.2) is 0 Å². The molecule has 0 fully saturated rings. The van der Waals surface area contributed by atoms with Crippen molar-refractivity contribution in [2.24, 2.45) is 10.8 Å². The highest BCUT2D eigenvalue weighted by atomic mass is 16.5. The number of hydrogen-bond donors (Lipinski definition) is 0. The average Bonchev–Trinajstić information content (AvgIpc) is 2.98. The minimum atomic E-state index is -0.423. The van der Waals surface area contributed by atoms with Gasteiger partial charge in [0.15, 0.2) is 23.1 Å². The number of nitrogens with zero attached hydrogens (tertiary/aromatic N) is 1. The molecule has 0 unspecified atom stereocenters. The number of ether oxygens (including phenoxy) is 2. The molecule has 2 aliphatic carbocycles. The summed E-state index contributed by atoms with van der Waals surface area (Å²) < 4.78 is 12.5. The highest BCUT2D eigenvalue weighted by Crippen LogP contribution is 2.55. The van der Waals surface area contributed by atoms with Crippen molar-refractivity contribution < 1.29 is 19.1 Å². The Hall–Kier alpha value is -4.12. The summed E-state index contributed by atoms with van der Waals surface area (Å²) in [5, 5.41) is 0. The lowest BCUT2D eigenvalue weighted by atomic mass is 9.63. The lowest BCUT2D eigenvalue weighted by Gasteiger charge is -2.49. The highest BCUT2D eigenvalue weighted by Gasteiger charge is 2.49. The summed E-state index contributed by atoms with van der Waals surface area (Å²) in [4.78, 5) is 30.9. The number of ketones is 2. The van der Waals surface area contributed by atoms with Crippen LogP contribution in [0.4, 0.5) is 0 Å². The van der Waals surface area contributed by atoms with E-state index in [0.717, 1.165) is 59.5 Å². The Kier molecular flexibility index (Phi) is 8.95. The molecule has 3 aromatic carbocycles. The molecule has 0 aromatic heterocycles. The van der Waals surface area contributed by atoms with E-state index >= 15 is 0 Å². The fraction of sp³-hybridized carbons (Fsp3) is 0.429. The minimum Gasteiger partial charge on any atom is -0.490 e. The number of carbonyl (C=O) groups is 2. The van der Waals surface area contributed by atoms with Crippen molar-refractivity contribution in [1.29, 1.82) is 0 Å². The third-order valence-electron chi connectivity index (χ3n) is 9.77. The Balaban J connectivity index is 1.45. The summed E-state index contributed by atoms with van der Waals surface area (Å²) in [5.74, 6) is 1.15. The molecule has 0 spiro atoms. The number of carbonyl (C=O) groups excluding carboxylic acids is 2. The van der Waals surface area contributed by atoms with Crippen LogP contribution in [0.25, 0.3) is 0 Å². The van der Waals surface area contributed by atoms with Gasteiger partial charge in [-0.05, 0) is 79.7 Å². The second-order valence-corrected chi connectivity index (χ2v) is 15.3. The van der Waals surface area contributed by atoms with E-state index in [9.17, 15) is 9.59 Å². The fourth-order valence-electron chi connectivity index (χ4n) is 7.94. The third-order valence-corrected chi connectivity index (χ3v) is 9.77. The van der Waals surface area contributed by atoms with E-state index < -0.39 is 5.92 Å². The molecule has 3 aromatic rings. The predicted octanol–water partition coefficient (Wildman–Crippen LogP) is 9.21. The highest BCUT2D eigenvalue weighted by molar-refractivity contribution is 6.06. The zero-order chi connectivity index (χ0) is 33.5. The Morgan fingerprint density at radius 2 is 1.30 bits per heavy atom. The van der Waals surface area contributed by atoms with Gasteiger partial charge in [-0.2, -0.15) is 0 Å². The molecular formula is C42H49NO4. The van der Waals surface area contributed by atoms with Crippen molar-refractivity contribution in [3.8, 4) is 11.5 Å². The molecule has 0 saturated heterocycles. The summed E-state index contributed by atoms with van der Waals surface area (Å²) >= 11 is 0. The lowest BCUT2D eigenvalue weighted by molar-refractivity contribution is -0.119. The Labute approximate surface area is 280 Å². The minimum absolute atomic E-state index is 0.142. The van der Waals surface area contributed by atoms with Crippen LogP contribution in [0.1, 0.15) is 94.0 Å². The van der Waals surface area contributed by atoms with E-state index in [1.807, 2.05) is 31.2 Å². The summed E-state index contributed by atoms with van der Waals surface area (Å²) in [6.07, 6.45) is 3.35. The first-order valence-electron chi connectivity index (χ1n) is 17.1. The molecule has 5 nitrogen and oxygen atoms in total. The Morgan fingerprint density at radius 1 is 0.702 bits per heavy atom. The maximum absolute atomic E-state index is 14.3. The zero-order valence-corrected chi connectivity index (χ0v) is 29.2. The molecular weight excluding hydrogens is 582 g/mol. The molecule has 0 saturated carbocycles. The van der Waals surface area contributed by atoms with E-state index in [1.54, 1.807) is 0 Å². The lowest BCUT2D eigenvalue weighted by Crippen LogP contribution is -2.45. The second kappa shape index (κ2) is 12.8. The molecule has 0 amide bonds. The number of rotatable bonds is 9. The summed E-state index contributed by atoms with van der Waals surface area (Å²) in [6.45, 7) is 16.5. The van der Waals surface area contributed by atoms with Crippen molar-refractivity contribution in [2.75, 3.05) is 13.2 Å². The molecule has 246 valence electrons. The molecule has 0 atom stereocenters. The first-order valence-corrected chi connectivity index (χ1v) is 17.1. The summed E-state index contributed by atoms with van der Waals surface area (Å²) in [5.41, 5.74) is 9.09. The standard InChI is InChI=1S/C42H49NO4/c1-8-46-37-21-31(14-15-36(37)47-26-30-19-27(2)18-28(3)20-30)38-39-32(22-41(4,5)24-34(39)44)43(17-16-29-12-10-9-11-13-29)33-23-42(6,7)25-35(45)40(33)38/h9-15,18-21,38H,8,16-17,22-26H2,1-7H3. The van der Waals surface area contributed by atoms with Gasteiger partial charge in [-0.15, -0.1) is 0 Å². The first-order chi connectivity index (χ1) is 22.3. The Morgan fingerprint density at radius 3 is 1.87 bits per heavy atom. The van der Waals surface area contributed by atoms with E-state index in [1.165, 1.54) is 16.7 Å². The topological polar surface area (TPSA) is 55.8 Å². The number of Topliss-reactive ketones (excluding diaryl/α,β-unsaturated/α-hetero) is 2. The Bertz CT molecular complexity index is 1690. The van der Waals surface area contributed by atoms with Gasteiger partial charge >= 0.3 is 0 Å². The van der Waals surface area contributed by atoms with Gasteiger partial charge in [0.2, 0.25) is 0 Å². The zero-order valence-electron chi connectivity index (χ0n) is 29.2. The van der Waals surface area contributed by atoms with Gasteiger partial charge in [0.1, 0.15) is 6.61 Å². The van der Waals surface area contributed by atoms with Gasteiger partial charge in [0.05, 0.1) is 6.61 Å². The van der Waals surface area contributed by atoms with Crippen LogP contribution in [0.15, 0.2) is 89.3 Å². The number of benzene rings is 3. The van der Waals surface area contributed by atoms with Crippen molar-refractivity contribution in [1.82, 2.24) is 4.90 Å². The average molecular weight is 632 g/mol. The first kappa shape index (κ1) is 32.8. The van der Waals surface area contributed by atoms with Gasteiger partial charge in [0, 0.05) is 47.8 Å². The van der Waals surface area contributed by atoms with E-state index in [-0.39, 0.29) is 22.4 Å². The molecule has 3 aliphatic rings. The van der Waals surface area contributed by atoms with Gasteiger partial charge in [-0.3, -0.25) is 9.59 Å². The van der Waals surface area contributed by atoms with Crippen LogP contribution in [0.3, 0.4) is 0 Å². The maximum atomic E-state index is 14.3. The third kappa shape index (κ3) is 6.95. The molecule has 5 heteroatoms. The van der Waals surface area contributed by atoms with Gasteiger partial charge in [0.25, 0.3) is 0 Å². The normalized spacial score (nSPS) is 19.1. The SMILES string of the molecule is CCOc1cc(C2C3=C(CC(C)(C)CC3=O)N(CCc3ccccc3)C3=C2C(=O)CC(C)(C)C3)ccc1OCc1cc(C)cc(C)c1. The molecule has 0 bridgehead atoms. The quantitative estimate of drug-likeness (QED) is 0.236.